The van der Waals surface area contributed by atoms with Crippen molar-refractivity contribution in [3.05, 3.63) is 64.7 Å². The van der Waals surface area contributed by atoms with Gasteiger partial charge in [0.1, 0.15) is 5.69 Å². The van der Waals surface area contributed by atoms with Gasteiger partial charge < -0.3 is 4.90 Å². The molecule has 0 spiro atoms. The highest BCUT2D eigenvalue weighted by Gasteiger charge is 2.25. The number of aryl methyl sites for hydroxylation is 1. The van der Waals surface area contributed by atoms with E-state index in [1.54, 1.807) is 17.1 Å². The van der Waals surface area contributed by atoms with Crippen molar-refractivity contribution < 1.29 is 4.79 Å². The van der Waals surface area contributed by atoms with Crippen molar-refractivity contribution in [3.8, 4) is 0 Å². The van der Waals surface area contributed by atoms with Gasteiger partial charge in [-0.05, 0) is 37.8 Å². The first-order chi connectivity index (χ1) is 13.1. The molecule has 1 fully saturated rings. The van der Waals surface area contributed by atoms with E-state index in [9.17, 15) is 9.59 Å². The average molecular weight is 363 g/mol. The summed E-state index contributed by atoms with van der Waals surface area (Å²) < 4.78 is 1.69. The Balaban J connectivity index is 1.41. The molecule has 138 valence electrons. The molecule has 4 rings (SSSR count). The average Bonchev–Trinajstić information content (AvgIpc) is 2.71. The summed E-state index contributed by atoms with van der Waals surface area (Å²) in [5.74, 6) is 0.268. The molecule has 1 aromatic carbocycles. The number of hydrogen-bond acceptors (Lipinski definition) is 5. The summed E-state index contributed by atoms with van der Waals surface area (Å²) in [4.78, 5) is 39.7. The van der Waals surface area contributed by atoms with Crippen molar-refractivity contribution in [1.82, 2.24) is 24.4 Å². The molecule has 1 amide bonds. The van der Waals surface area contributed by atoms with Gasteiger partial charge in [-0.15, -0.1) is 0 Å². The van der Waals surface area contributed by atoms with Crippen molar-refractivity contribution in [2.24, 2.45) is 5.92 Å². The van der Waals surface area contributed by atoms with E-state index in [1.165, 1.54) is 6.20 Å². The van der Waals surface area contributed by atoms with Crippen molar-refractivity contribution in [2.75, 3.05) is 13.1 Å². The van der Waals surface area contributed by atoms with Crippen LogP contribution in [0, 0.1) is 12.8 Å². The summed E-state index contributed by atoms with van der Waals surface area (Å²) in [6.45, 7) is 3.79. The Morgan fingerprint density at radius 2 is 1.89 bits per heavy atom. The highest BCUT2D eigenvalue weighted by molar-refractivity contribution is 5.92. The molecule has 7 nitrogen and oxygen atoms in total. The zero-order valence-corrected chi connectivity index (χ0v) is 15.2. The van der Waals surface area contributed by atoms with Gasteiger partial charge in [-0.3, -0.25) is 19.1 Å². The quantitative estimate of drug-likeness (QED) is 0.711. The largest absolute Gasteiger partial charge is 0.337 e. The van der Waals surface area contributed by atoms with E-state index in [0.29, 0.717) is 36.6 Å². The molecule has 3 heterocycles. The smallest absolute Gasteiger partial charge is 0.274 e. The minimum absolute atomic E-state index is 0.00552. The van der Waals surface area contributed by atoms with Crippen LogP contribution >= 0.6 is 0 Å². The van der Waals surface area contributed by atoms with E-state index in [-0.39, 0.29) is 11.5 Å². The number of fused-ring (bicyclic) bond motifs is 1. The third-order valence-electron chi connectivity index (χ3n) is 5.09. The predicted octanol–water partition coefficient (Wildman–Crippen LogP) is 2.05. The molecule has 0 aliphatic carbocycles. The number of benzene rings is 1. The van der Waals surface area contributed by atoms with E-state index in [1.807, 2.05) is 36.1 Å². The SMILES string of the molecule is Cc1cnc(C(=O)N2CCC(Cn3cnc4ccccc4c3=O)CC2)cn1. The Bertz CT molecular complexity index is 1020. The number of aromatic nitrogens is 4. The summed E-state index contributed by atoms with van der Waals surface area (Å²) in [6, 6.07) is 7.39. The molecule has 1 aliphatic rings. The van der Waals surface area contributed by atoms with Crippen molar-refractivity contribution in [1.29, 1.82) is 0 Å². The summed E-state index contributed by atoms with van der Waals surface area (Å²) in [7, 11) is 0. The molecule has 0 bridgehead atoms. The first-order valence-electron chi connectivity index (χ1n) is 9.14. The standard InChI is InChI=1S/C20H21N5O2/c1-14-10-22-18(11-21-14)20(27)24-8-6-15(7-9-24)12-25-13-23-17-5-3-2-4-16(17)19(25)26/h2-5,10-11,13,15H,6-9,12H2,1H3. The molecule has 2 aromatic heterocycles. The van der Waals surface area contributed by atoms with Gasteiger partial charge in [0.2, 0.25) is 0 Å². The summed E-state index contributed by atoms with van der Waals surface area (Å²) >= 11 is 0. The van der Waals surface area contributed by atoms with Gasteiger partial charge in [-0.1, -0.05) is 12.1 Å². The molecule has 3 aromatic rings. The normalized spacial score (nSPS) is 15.2. The van der Waals surface area contributed by atoms with Gasteiger partial charge in [-0.25, -0.2) is 9.97 Å². The number of hydrogen-bond donors (Lipinski definition) is 0. The second-order valence-corrected chi connectivity index (χ2v) is 7.00. The second kappa shape index (κ2) is 7.26. The zero-order chi connectivity index (χ0) is 18.8. The first-order valence-corrected chi connectivity index (χ1v) is 9.14. The first kappa shape index (κ1) is 17.3. The van der Waals surface area contributed by atoms with E-state index < -0.39 is 0 Å². The summed E-state index contributed by atoms with van der Waals surface area (Å²) in [5, 5.41) is 0.644. The van der Waals surface area contributed by atoms with Crippen LogP contribution < -0.4 is 5.56 Å². The van der Waals surface area contributed by atoms with Gasteiger partial charge in [0.15, 0.2) is 0 Å². The maximum Gasteiger partial charge on any atom is 0.274 e. The van der Waals surface area contributed by atoms with Crippen molar-refractivity contribution >= 4 is 16.8 Å². The monoisotopic (exact) mass is 363 g/mol. The molecule has 0 saturated carbocycles. The van der Waals surface area contributed by atoms with Crippen LogP contribution in [0.15, 0.2) is 47.8 Å². The molecular weight excluding hydrogens is 342 g/mol. The van der Waals surface area contributed by atoms with E-state index in [2.05, 4.69) is 15.0 Å². The molecule has 1 aliphatic heterocycles. The van der Waals surface area contributed by atoms with Crippen LogP contribution in [0.3, 0.4) is 0 Å². The van der Waals surface area contributed by atoms with E-state index in [0.717, 1.165) is 24.1 Å². The lowest BCUT2D eigenvalue weighted by Crippen LogP contribution is -2.40. The Morgan fingerprint density at radius 3 is 2.63 bits per heavy atom. The van der Waals surface area contributed by atoms with Crippen LogP contribution in [-0.2, 0) is 6.54 Å². The minimum Gasteiger partial charge on any atom is -0.337 e. The lowest BCUT2D eigenvalue weighted by Gasteiger charge is -2.32. The highest BCUT2D eigenvalue weighted by Crippen LogP contribution is 2.20. The number of piperidine rings is 1. The molecule has 0 N–H and O–H groups in total. The van der Waals surface area contributed by atoms with Crippen LogP contribution in [0.4, 0.5) is 0 Å². The maximum absolute atomic E-state index is 12.6. The molecule has 0 radical (unpaired) electrons. The Kier molecular flexibility index (Phi) is 4.66. The van der Waals surface area contributed by atoms with Gasteiger partial charge in [0, 0.05) is 25.8 Å². The maximum atomic E-state index is 12.6. The van der Waals surface area contributed by atoms with E-state index >= 15 is 0 Å². The fourth-order valence-corrected chi connectivity index (χ4v) is 3.50. The van der Waals surface area contributed by atoms with Gasteiger partial charge >= 0.3 is 0 Å². The van der Waals surface area contributed by atoms with E-state index in [4.69, 9.17) is 0 Å². The zero-order valence-electron chi connectivity index (χ0n) is 15.2. The third-order valence-corrected chi connectivity index (χ3v) is 5.09. The van der Waals surface area contributed by atoms with Crippen LogP contribution in [0.25, 0.3) is 10.9 Å². The number of amides is 1. The van der Waals surface area contributed by atoms with Gasteiger partial charge in [0.25, 0.3) is 11.5 Å². The molecular formula is C20H21N5O2. The Labute approximate surface area is 156 Å². The van der Waals surface area contributed by atoms with Crippen LogP contribution in [0.2, 0.25) is 0 Å². The third kappa shape index (κ3) is 3.58. The van der Waals surface area contributed by atoms with Gasteiger partial charge in [0.05, 0.1) is 29.1 Å². The highest BCUT2D eigenvalue weighted by atomic mass is 16.2. The fourth-order valence-electron chi connectivity index (χ4n) is 3.50. The lowest BCUT2D eigenvalue weighted by molar-refractivity contribution is 0.0676. The number of rotatable bonds is 3. The number of nitrogens with zero attached hydrogens (tertiary/aromatic N) is 5. The van der Waals surface area contributed by atoms with Gasteiger partial charge in [-0.2, -0.15) is 0 Å². The lowest BCUT2D eigenvalue weighted by atomic mass is 9.96. The Hall–Kier alpha value is -3.09. The summed E-state index contributed by atoms with van der Waals surface area (Å²) in [5.41, 5.74) is 1.89. The molecule has 0 atom stereocenters. The van der Waals surface area contributed by atoms with Crippen molar-refractivity contribution in [2.45, 2.75) is 26.3 Å². The Morgan fingerprint density at radius 1 is 1.11 bits per heavy atom. The molecule has 7 heteroatoms. The molecule has 27 heavy (non-hydrogen) atoms. The topological polar surface area (TPSA) is 81.0 Å². The predicted molar refractivity (Wildman–Crippen MR) is 101 cm³/mol. The van der Waals surface area contributed by atoms with Crippen molar-refractivity contribution in [3.63, 3.8) is 0 Å². The van der Waals surface area contributed by atoms with Crippen LogP contribution in [0.5, 0.6) is 0 Å². The minimum atomic E-state index is -0.0783. The van der Waals surface area contributed by atoms with Crippen LogP contribution in [0.1, 0.15) is 29.0 Å². The fraction of sp³-hybridized carbons (Fsp3) is 0.350. The molecule has 0 unspecified atom stereocenters. The summed E-state index contributed by atoms with van der Waals surface area (Å²) in [6.07, 6.45) is 6.47. The molecule has 1 saturated heterocycles. The van der Waals surface area contributed by atoms with Crippen LogP contribution in [-0.4, -0.2) is 43.4 Å². The number of para-hydroxylation sites is 1. The second-order valence-electron chi connectivity index (χ2n) is 7.00. The number of carbonyl (C=O) groups is 1. The number of likely N-dealkylation sites (tertiary alicyclic amines) is 1. The number of carbonyl (C=O) groups excluding carboxylic acids is 1.